The molecule has 0 bridgehead atoms. The lowest BCUT2D eigenvalue weighted by Gasteiger charge is -2.06. The molecule has 1 N–H and O–H groups in total. The van der Waals surface area contributed by atoms with Gasteiger partial charge in [-0.3, -0.25) is 4.40 Å². The molecule has 0 aliphatic rings. The van der Waals surface area contributed by atoms with E-state index in [0.29, 0.717) is 5.82 Å². The molecule has 0 amide bonds. The van der Waals surface area contributed by atoms with Crippen molar-refractivity contribution in [2.75, 3.05) is 5.32 Å². The number of benzene rings is 1. The van der Waals surface area contributed by atoms with Gasteiger partial charge in [0.15, 0.2) is 5.82 Å². The monoisotopic (exact) mass is 239 g/mol. The standard InChI is InChI=1S/C13H13N5/c1-9-4-3-5-11(8-9)15-12-13-17-16-10(2)18(13)7-6-14-12/h3-8H,1-2H3,(H,14,15). The van der Waals surface area contributed by atoms with Gasteiger partial charge in [-0.05, 0) is 31.5 Å². The van der Waals surface area contributed by atoms with Crippen LogP contribution in [0, 0.1) is 13.8 Å². The summed E-state index contributed by atoms with van der Waals surface area (Å²) in [4.78, 5) is 4.31. The quantitative estimate of drug-likeness (QED) is 0.746. The van der Waals surface area contributed by atoms with Crippen LogP contribution in [0.4, 0.5) is 11.5 Å². The van der Waals surface area contributed by atoms with Crippen LogP contribution in [0.15, 0.2) is 36.7 Å². The van der Waals surface area contributed by atoms with Crippen molar-refractivity contribution in [3.63, 3.8) is 0 Å². The largest absolute Gasteiger partial charge is 0.337 e. The highest BCUT2D eigenvalue weighted by atomic mass is 15.3. The van der Waals surface area contributed by atoms with Crippen LogP contribution in [0.3, 0.4) is 0 Å². The maximum atomic E-state index is 4.31. The van der Waals surface area contributed by atoms with Crippen molar-refractivity contribution in [1.82, 2.24) is 19.6 Å². The zero-order valence-electron chi connectivity index (χ0n) is 10.3. The summed E-state index contributed by atoms with van der Waals surface area (Å²) in [5, 5.41) is 11.4. The van der Waals surface area contributed by atoms with Gasteiger partial charge in [0.1, 0.15) is 5.82 Å². The van der Waals surface area contributed by atoms with Gasteiger partial charge in [0.05, 0.1) is 0 Å². The summed E-state index contributed by atoms with van der Waals surface area (Å²) in [7, 11) is 0. The summed E-state index contributed by atoms with van der Waals surface area (Å²) >= 11 is 0. The molecular formula is C13H13N5. The Morgan fingerprint density at radius 2 is 2.06 bits per heavy atom. The Morgan fingerprint density at radius 1 is 1.17 bits per heavy atom. The van der Waals surface area contributed by atoms with E-state index < -0.39 is 0 Å². The Labute approximate surface area is 105 Å². The maximum absolute atomic E-state index is 4.31. The fourth-order valence-corrected chi connectivity index (χ4v) is 1.89. The van der Waals surface area contributed by atoms with Gasteiger partial charge < -0.3 is 5.32 Å². The minimum atomic E-state index is 0.712. The minimum absolute atomic E-state index is 0.712. The molecular weight excluding hydrogens is 226 g/mol. The lowest BCUT2D eigenvalue weighted by Crippen LogP contribution is -1.98. The number of rotatable bonds is 2. The summed E-state index contributed by atoms with van der Waals surface area (Å²) in [6.07, 6.45) is 3.59. The molecule has 0 saturated heterocycles. The molecule has 0 fully saturated rings. The van der Waals surface area contributed by atoms with E-state index in [1.165, 1.54) is 5.56 Å². The zero-order valence-corrected chi connectivity index (χ0v) is 10.3. The van der Waals surface area contributed by atoms with E-state index in [1.807, 2.05) is 29.7 Å². The molecule has 90 valence electrons. The van der Waals surface area contributed by atoms with Crippen LogP contribution in [0.2, 0.25) is 0 Å². The molecule has 2 aromatic heterocycles. The average Bonchev–Trinajstić information content (AvgIpc) is 2.73. The highest BCUT2D eigenvalue weighted by molar-refractivity contribution is 5.69. The summed E-state index contributed by atoms with van der Waals surface area (Å²) in [5.41, 5.74) is 2.93. The first kappa shape index (κ1) is 10.7. The Kier molecular flexibility index (Phi) is 2.44. The summed E-state index contributed by atoms with van der Waals surface area (Å²) in [6, 6.07) is 8.13. The molecule has 3 aromatic rings. The van der Waals surface area contributed by atoms with Gasteiger partial charge in [0.2, 0.25) is 5.65 Å². The molecule has 18 heavy (non-hydrogen) atoms. The van der Waals surface area contributed by atoms with Crippen molar-refractivity contribution in [2.45, 2.75) is 13.8 Å². The number of aryl methyl sites for hydroxylation is 2. The Morgan fingerprint density at radius 3 is 2.89 bits per heavy atom. The van der Waals surface area contributed by atoms with Gasteiger partial charge in [-0.1, -0.05) is 12.1 Å². The van der Waals surface area contributed by atoms with Crippen molar-refractivity contribution < 1.29 is 0 Å². The molecule has 5 nitrogen and oxygen atoms in total. The summed E-state index contributed by atoms with van der Waals surface area (Å²) in [6.45, 7) is 3.97. The fraction of sp³-hybridized carbons (Fsp3) is 0.154. The second kappa shape index (κ2) is 4.10. The van der Waals surface area contributed by atoms with Crippen molar-refractivity contribution in [3.8, 4) is 0 Å². The molecule has 2 heterocycles. The molecule has 0 atom stereocenters. The Balaban J connectivity index is 2.05. The lowest BCUT2D eigenvalue weighted by molar-refractivity contribution is 1.00. The van der Waals surface area contributed by atoms with Crippen LogP contribution in [-0.4, -0.2) is 19.6 Å². The second-order valence-corrected chi connectivity index (χ2v) is 4.21. The molecule has 1 aromatic carbocycles. The van der Waals surface area contributed by atoms with E-state index in [1.54, 1.807) is 6.20 Å². The van der Waals surface area contributed by atoms with E-state index >= 15 is 0 Å². The Bertz CT molecular complexity index is 701. The highest BCUT2D eigenvalue weighted by Crippen LogP contribution is 2.19. The topological polar surface area (TPSA) is 55.1 Å². The first-order valence-corrected chi connectivity index (χ1v) is 5.74. The van der Waals surface area contributed by atoms with Gasteiger partial charge in [0.25, 0.3) is 0 Å². The van der Waals surface area contributed by atoms with Crippen molar-refractivity contribution in [3.05, 3.63) is 48.0 Å². The summed E-state index contributed by atoms with van der Waals surface area (Å²) < 4.78 is 1.91. The molecule has 5 heteroatoms. The molecule has 0 radical (unpaired) electrons. The molecule has 0 saturated carbocycles. The van der Waals surface area contributed by atoms with Crippen LogP contribution in [0.1, 0.15) is 11.4 Å². The van der Waals surface area contributed by atoms with E-state index in [2.05, 4.69) is 39.6 Å². The third-order valence-electron chi connectivity index (χ3n) is 2.78. The van der Waals surface area contributed by atoms with Crippen LogP contribution in [-0.2, 0) is 0 Å². The van der Waals surface area contributed by atoms with Gasteiger partial charge in [0, 0.05) is 18.1 Å². The van der Waals surface area contributed by atoms with Crippen molar-refractivity contribution >= 4 is 17.2 Å². The highest BCUT2D eigenvalue weighted by Gasteiger charge is 2.07. The maximum Gasteiger partial charge on any atom is 0.204 e. The third-order valence-corrected chi connectivity index (χ3v) is 2.78. The number of fused-ring (bicyclic) bond motifs is 1. The molecule has 0 aliphatic carbocycles. The predicted octanol–water partition coefficient (Wildman–Crippen LogP) is 2.48. The number of aromatic nitrogens is 4. The lowest BCUT2D eigenvalue weighted by atomic mass is 10.2. The van der Waals surface area contributed by atoms with Gasteiger partial charge >= 0.3 is 0 Å². The van der Waals surface area contributed by atoms with Gasteiger partial charge in [-0.2, -0.15) is 0 Å². The number of nitrogens with zero attached hydrogens (tertiary/aromatic N) is 4. The van der Waals surface area contributed by atoms with E-state index in [9.17, 15) is 0 Å². The number of nitrogens with one attached hydrogen (secondary N) is 1. The van der Waals surface area contributed by atoms with Crippen molar-refractivity contribution in [1.29, 1.82) is 0 Å². The molecule has 0 spiro atoms. The van der Waals surface area contributed by atoms with Crippen LogP contribution >= 0.6 is 0 Å². The first-order chi connectivity index (χ1) is 8.74. The van der Waals surface area contributed by atoms with Crippen LogP contribution in [0.5, 0.6) is 0 Å². The van der Waals surface area contributed by atoms with E-state index in [4.69, 9.17) is 0 Å². The molecule has 0 unspecified atom stereocenters. The minimum Gasteiger partial charge on any atom is -0.337 e. The predicted molar refractivity (Wildman–Crippen MR) is 70.0 cm³/mol. The first-order valence-electron chi connectivity index (χ1n) is 5.74. The van der Waals surface area contributed by atoms with E-state index in [0.717, 1.165) is 17.2 Å². The average molecular weight is 239 g/mol. The van der Waals surface area contributed by atoms with Crippen LogP contribution < -0.4 is 5.32 Å². The summed E-state index contributed by atoms with van der Waals surface area (Å²) in [5.74, 6) is 1.56. The molecule has 0 aliphatic heterocycles. The van der Waals surface area contributed by atoms with Gasteiger partial charge in [-0.15, -0.1) is 10.2 Å². The van der Waals surface area contributed by atoms with Gasteiger partial charge in [-0.25, -0.2) is 4.98 Å². The van der Waals surface area contributed by atoms with Crippen molar-refractivity contribution in [2.24, 2.45) is 0 Å². The number of hydrogen-bond acceptors (Lipinski definition) is 4. The smallest absolute Gasteiger partial charge is 0.204 e. The Hall–Kier alpha value is -2.43. The normalized spacial score (nSPS) is 10.8. The number of anilines is 2. The van der Waals surface area contributed by atoms with E-state index in [-0.39, 0.29) is 0 Å². The SMILES string of the molecule is Cc1cccc(Nc2nccn3c(C)nnc23)c1. The van der Waals surface area contributed by atoms with Crippen LogP contribution in [0.25, 0.3) is 5.65 Å². The number of hydrogen-bond donors (Lipinski definition) is 1. The second-order valence-electron chi connectivity index (χ2n) is 4.21. The molecule has 3 rings (SSSR count). The fourth-order valence-electron chi connectivity index (χ4n) is 1.89. The third kappa shape index (κ3) is 1.79. The zero-order chi connectivity index (χ0) is 12.5.